The number of nitrogens with zero attached hydrogens (tertiary/aromatic N) is 3. The van der Waals surface area contributed by atoms with Gasteiger partial charge in [-0.3, -0.25) is 14.5 Å². The predicted molar refractivity (Wildman–Crippen MR) is 106 cm³/mol. The van der Waals surface area contributed by atoms with Crippen molar-refractivity contribution in [2.45, 2.75) is 13.0 Å². The number of aromatic nitrogens is 2. The molecule has 6 heteroatoms. The molecule has 0 unspecified atom stereocenters. The Hall–Kier alpha value is -2.86. The van der Waals surface area contributed by atoms with E-state index in [1.165, 1.54) is 15.5 Å². The van der Waals surface area contributed by atoms with E-state index >= 15 is 0 Å². The molecule has 0 atom stereocenters. The third kappa shape index (κ3) is 3.53. The minimum absolute atomic E-state index is 0.161. The van der Waals surface area contributed by atoms with Crippen LogP contribution in [0.3, 0.4) is 0 Å². The highest BCUT2D eigenvalue weighted by Gasteiger charge is 2.22. The summed E-state index contributed by atoms with van der Waals surface area (Å²) in [7, 11) is 1.67. The summed E-state index contributed by atoms with van der Waals surface area (Å²) >= 11 is 0. The van der Waals surface area contributed by atoms with Crippen LogP contribution in [0.25, 0.3) is 10.9 Å². The number of amides is 1. The minimum atomic E-state index is -0.234. The van der Waals surface area contributed by atoms with Gasteiger partial charge in [0.15, 0.2) is 0 Å². The molecule has 1 saturated heterocycles. The number of benzene rings is 1. The van der Waals surface area contributed by atoms with Crippen molar-refractivity contribution < 1.29 is 4.79 Å². The summed E-state index contributed by atoms with van der Waals surface area (Å²) < 4.78 is 1.45. The molecular weight excluding hydrogens is 340 g/mol. The first-order valence-corrected chi connectivity index (χ1v) is 9.36. The Labute approximate surface area is 158 Å². The lowest BCUT2D eigenvalue weighted by Gasteiger charge is -2.22. The molecule has 1 aliphatic rings. The van der Waals surface area contributed by atoms with E-state index in [0.717, 1.165) is 31.6 Å². The summed E-state index contributed by atoms with van der Waals surface area (Å²) in [5.41, 5.74) is 2.47. The van der Waals surface area contributed by atoms with Gasteiger partial charge >= 0.3 is 0 Å². The maximum atomic E-state index is 12.8. The number of H-pyrrole nitrogens is 1. The topological polar surface area (TPSA) is 61.3 Å². The van der Waals surface area contributed by atoms with Gasteiger partial charge in [0.2, 0.25) is 0 Å². The monoisotopic (exact) mass is 364 g/mol. The maximum absolute atomic E-state index is 12.8. The number of pyridine rings is 1. The van der Waals surface area contributed by atoms with Gasteiger partial charge in [-0.15, -0.1) is 0 Å². The number of hydrogen-bond donors (Lipinski definition) is 1. The number of aryl methyl sites for hydroxylation is 1. The zero-order chi connectivity index (χ0) is 18.8. The van der Waals surface area contributed by atoms with Crippen LogP contribution in [-0.2, 0) is 13.6 Å². The lowest BCUT2D eigenvalue weighted by Crippen LogP contribution is -2.38. The van der Waals surface area contributed by atoms with E-state index in [9.17, 15) is 9.59 Å². The van der Waals surface area contributed by atoms with Gasteiger partial charge in [-0.2, -0.15) is 0 Å². The summed E-state index contributed by atoms with van der Waals surface area (Å²) in [6.07, 6.45) is 4.55. The van der Waals surface area contributed by atoms with Crippen molar-refractivity contribution in [3.8, 4) is 0 Å². The zero-order valence-electron chi connectivity index (χ0n) is 15.5. The van der Waals surface area contributed by atoms with Crippen LogP contribution in [0.5, 0.6) is 0 Å². The van der Waals surface area contributed by atoms with Crippen molar-refractivity contribution in [1.29, 1.82) is 0 Å². The van der Waals surface area contributed by atoms with Gasteiger partial charge in [-0.05, 0) is 36.2 Å². The molecular formula is C21H24N4O2. The molecule has 0 saturated carbocycles. The predicted octanol–water partition coefficient (Wildman–Crippen LogP) is 2.21. The number of rotatable bonds is 3. The Kier molecular flexibility index (Phi) is 4.81. The Morgan fingerprint density at radius 1 is 1.07 bits per heavy atom. The van der Waals surface area contributed by atoms with Crippen LogP contribution in [0, 0.1) is 0 Å². The number of fused-ring (bicyclic) bond motifs is 1. The quantitative estimate of drug-likeness (QED) is 0.775. The fourth-order valence-corrected chi connectivity index (χ4v) is 3.79. The summed E-state index contributed by atoms with van der Waals surface area (Å²) in [6.45, 7) is 3.93. The molecule has 1 aromatic carbocycles. The number of aromatic amines is 1. The summed E-state index contributed by atoms with van der Waals surface area (Å²) in [5.74, 6) is -0.161. The molecule has 140 valence electrons. The summed E-state index contributed by atoms with van der Waals surface area (Å²) in [6, 6.07) is 11.8. The molecule has 1 fully saturated rings. The molecule has 1 aliphatic heterocycles. The average Bonchev–Trinajstić information content (AvgIpc) is 3.04. The first-order valence-electron chi connectivity index (χ1n) is 9.36. The Morgan fingerprint density at radius 2 is 1.96 bits per heavy atom. The van der Waals surface area contributed by atoms with Crippen molar-refractivity contribution >= 4 is 16.8 Å². The molecule has 3 heterocycles. The summed E-state index contributed by atoms with van der Waals surface area (Å²) in [4.78, 5) is 32.5. The second-order valence-corrected chi connectivity index (χ2v) is 7.12. The second-order valence-electron chi connectivity index (χ2n) is 7.12. The van der Waals surface area contributed by atoms with Gasteiger partial charge in [0, 0.05) is 63.1 Å². The number of carbonyl (C=O) groups excluding carboxylic acids is 1. The largest absolute Gasteiger partial charge is 0.361 e. The standard InChI is InChI=1S/C21H24N4O2/c1-23-10-3-6-18(20(23)26)21(27)25-12-4-11-24(13-14-25)15-16-5-2-7-19-17(16)8-9-22-19/h2-3,5-10,22H,4,11-15H2,1H3. The Balaban J connectivity index is 1.46. The molecule has 0 radical (unpaired) electrons. The summed E-state index contributed by atoms with van der Waals surface area (Å²) in [5, 5.41) is 1.25. The fraction of sp³-hybridized carbons (Fsp3) is 0.333. The van der Waals surface area contributed by atoms with Crippen LogP contribution < -0.4 is 5.56 Å². The van der Waals surface area contributed by atoms with Gasteiger partial charge < -0.3 is 14.5 Å². The van der Waals surface area contributed by atoms with Crippen LogP contribution in [-0.4, -0.2) is 51.4 Å². The molecule has 0 spiro atoms. The van der Waals surface area contributed by atoms with E-state index < -0.39 is 0 Å². The van der Waals surface area contributed by atoms with Crippen molar-refractivity contribution in [2.75, 3.05) is 26.2 Å². The van der Waals surface area contributed by atoms with Crippen LogP contribution >= 0.6 is 0 Å². The van der Waals surface area contributed by atoms with Crippen molar-refractivity contribution in [2.24, 2.45) is 7.05 Å². The maximum Gasteiger partial charge on any atom is 0.263 e. The highest BCUT2D eigenvalue weighted by Crippen LogP contribution is 2.20. The lowest BCUT2D eigenvalue weighted by molar-refractivity contribution is 0.0758. The molecule has 6 nitrogen and oxygen atoms in total. The van der Waals surface area contributed by atoms with Crippen molar-refractivity contribution in [3.05, 3.63) is 70.3 Å². The third-order valence-corrected chi connectivity index (χ3v) is 5.31. The molecule has 0 bridgehead atoms. The smallest absolute Gasteiger partial charge is 0.263 e. The van der Waals surface area contributed by atoms with E-state index in [2.05, 4.69) is 34.1 Å². The highest BCUT2D eigenvalue weighted by molar-refractivity contribution is 5.93. The van der Waals surface area contributed by atoms with E-state index in [-0.39, 0.29) is 17.0 Å². The zero-order valence-corrected chi connectivity index (χ0v) is 15.5. The Bertz CT molecular complexity index is 1020. The molecule has 27 heavy (non-hydrogen) atoms. The molecule has 0 aliphatic carbocycles. The van der Waals surface area contributed by atoms with Gasteiger partial charge in [-0.1, -0.05) is 12.1 Å². The second kappa shape index (κ2) is 7.40. The molecule has 1 amide bonds. The van der Waals surface area contributed by atoms with E-state index in [1.54, 1.807) is 25.4 Å². The van der Waals surface area contributed by atoms with Crippen molar-refractivity contribution in [3.63, 3.8) is 0 Å². The van der Waals surface area contributed by atoms with Gasteiger partial charge in [0.1, 0.15) is 5.56 Å². The SMILES string of the molecule is Cn1cccc(C(=O)N2CCCN(Cc3cccc4[nH]ccc34)CC2)c1=O. The van der Waals surface area contributed by atoms with Crippen LogP contribution in [0.4, 0.5) is 0 Å². The van der Waals surface area contributed by atoms with Crippen LogP contribution in [0.1, 0.15) is 22.3 Å². The first kappa shape index (κ1) is 17.5. The van der Waals surface area contributed by atoms with Crippen LogP contribution in [0.15, 0.2) is 53.6 Å². The first-order chi connectivity index (χ1) is 13.1. The van der Waals surface area contributed by atoms with E-state index in [0.29, 0.717) is 13.1 Å². The Morgan fingerprint density at radius 3 is 2.85 bits per heavy atom. The van der Waals surface area contributed by atoms with E-state index in [4.69, 9.17) is 0 Å². The molecule has 1 N–H and O–H groups in total. The number of carbonyl (C=O) groups is 1. The molecule has 3 aromatic rings. The van der Waals surface area contributed by atoms with Crippen LogP contribution in [0.2, 0.25) is 0 Å². The third-order valence-electron chi connectivity index (χ3n) is 5.31. The minimum Gasteiger partial charge on any atom is -0.361 e. The van der Waals surface area contributed by atoms with Gasteiger partial charge in [0.25, 0.3) is 11.5 Å². The number of nitrogens with one attached hydrogen (secondary N) is 1. The van der Waals surface area contributed by atoms with Gasteiger partial charge in [-0.25, -0.2) is 0 Å². The normalized spacial score (nSPS) is 15.8. The average molecular weight is 364 g/mol. The van der Waals surface area contributed by atoms with Crippen molar-refractivity contribution in [1.82, 2.24) is 19.4 Å². The molecule has 4 rings (SSSR count). The van der Waals surface area contributed by atoms with Gasteiger partial charge in [0.05, 0.1) is 0 Å². The fourth-order valence-electron chi connectivity index (χ4n) is 3.79. The van der Waals surface area contributed by atoms with E-state index in [1.807, 2.05) is 11.1 Å². The molecule has 2 aromatic heterocycles. The number of hydrogen-bond acceptors (Lipinski definition) is 3. The lowest BCUT2D eigenvalue weighted by atomic mass is 10.1. The highest BCUT2D eigenvalue weighted by atomic mass is 16.2.